The Kier molecular flexibility index (Phi) is 5.98. The molecule has 0 amide bonds. The normalized spacial score (nSPS) is 20.0. The van der Waals surface area contributed by atoms with Gasteiger partial charge in [-0.25, -0.2) is 8.78 Å². The van der Waals surface area contributed by atoms with Gasteiger partial charge in [0.25, 0.3) is 0 Å². The number of ether oxygens (including phenoxy) is 2. The van der Waals surface area contributed by atoms with Crippen LogP contribution in [0.3, 0.4) is 0 Å². The van der Waals surface area contributed by atoms with Gasteiger partial charge in [-0.05, 0) is 83.6 Å². The first kappa shape index (κ1) is 26.2. The van der Waals surface area contributed by atoms with E-state index < -0.39 is 11.2 Å². The summed E-state index contributed by atoms with van der Waals surface area (Å²) in [5, 5.41) is 2.06. The maximum absolute atomic E-state index is 13.9. The van der Waals surface area contributed by atoms with Crippen LogP contribution in [0.2, 0.25) is 0 Å². The van der Waals surface area contributed by atoms with Gasteiger partial charge in [-0.2, -0.15) is 0 Å². The van der Waals surface area contributed by atoms with E-state index in [0.29, 0.717) is 0 Å². The molecule has 44 heavy (non-hydrogen) atoms. The van der Waals surface area contributed by atoms with E-state index in [4.69, 9.17) is 9.47 Å². The van der Waals surface area contributed by atoms with Gasteiger partial charge in [-0.15, -0.1) is 0 Å². The van der Waals surface area contributed by atoms with Crippen LogP contribution in [-0.2, 0) is 11.2 Å². The van der Waals surface area contributed by atoms with Crippen molar-refractivity contribution in [1.29, 1.82) is 0 Å². The lowest BCUT2D eigenvalue weighted by molar-refractivity contribution is 0.160. The first-order valence-corrected chi connectivity index (χ1v) is 14.6. The average molecular weight is 577 g/mol. The molecule has 6 aromatic rings. The van der Waals surface area contributed by atoms with E-state index in [1.807, 2.05) is 72.8 Å². The molecule has 212 valence electrons. The highest BCUT2D eigenvalue weighted by atomic mass is 19.1. The molecule has 0 fully saturated rings. The van der Waals surface area contributed by atoms with Crippen LogP contribution >= 0.6 is 0 Å². The zero-order valence-corrected chi connectivity index (χ0v) is 23.6. The van der Waals surface area contributed by atoms with Crippen molar-refractivity contribution in [1.82, 2.24) is 0 Å². The maximum atomic E-state index is 13.9. The molecule has 6 aromatic carbocycles. The summed E-state index contributed by atoms with van der Waals surface area (Å²) < 4.78 is 41.5. The highest BCUT2D eigenvalue weighted by Crippen LogP contribution is 2.48. The lowest BCUT2D eigenvalue weighted by Gasteiger charge is -2.37. The number of benzene rings is 6. The van der Waals surface area contributed by atoms with E-state index in [1.165, 1.54) is 24.3 Å². The van der Waals surface area contributed by atoms with E-state index in [2.05, 4.69) is 36.4 Å². The summed E-state index contributed by atoms with van der Waals surface area (Å²) in [5.41, 5.74) is 3.70. The minimum Gasteiger partial charge on any atom is -0.473 e. The smallest absolute Gasteiger partial charge is 0.178 e. The average Bonchev–Trinajstić information content (AvgIpc) is 3.08. The molecule has 2 aliphatic rings. The Labute approximate surface area is 254 Å². The molecule has 4 heteroatoms. The van der Waals surface area contributed by atoms with E-state index in [0.717, 1.165) is 55.7 Å². The molecule has 0 radical (unpaired) electrons. The zero-order valence-electron chi connectivity index (χ0n) is 23.6. The molecule has 0 saturated heterocycles. The number of halogens is 2. The van der Waals surface area contributed by atoms with Crippen LogP contribution in [0.15, 0.2) is 146 Å². The van der Waals surface area contributed by atoms with E-state index in [1.54, 1.807) is 24.3 Å². The van der Waals surface area contributed by atoms with Crippen molar-refractivity contribution in [2.75, 3.05) is 0 Å². The summed E-state index contributed by atoms with van der Waals surface area (Å²) in [6.45, 7) is 0. The van der Waals surface area contributed by atoms with Gasteiger partial charge >= 0.3 is 0 Å². The summed E-state index contributed by atoms with van der Waals surface area (Å²) >= 11 is 0. The van der Waals surface area contributed by atoms with Gasteiger partial charge in [-0.3, -0.25) is 0 Å². The molecule has 2 heterocycles. The number of rotatable bonds is 4. The predicted octanol–water partition coefficient (Wildman–Crippen LogP) is 9.82. The van der Waals surface area contributed by atoms with Gasteiger partial charge in [0.2, 0.25) is 0 Å². The first-order valence-electron chi connectivity index (χ1n) is 14.6. The third-order valence-electron chi connectivity index (χ3n) is 8.67. The van der Waals surface area contributed by atoms with Gasteiger partial charge < -0.3 is 9.47 Å². The van der Waals surface area contributed by atoms with Gasteiger partial charge in [0.05, 0.1) is 0 Å². The SMILES string of the molecule is Fc1ccc(C2(c3ccccc3)C=Cc3c(ccc4c5c(ccc34)OC(c3ccccc3)(c3ccc(F)cc3)C=C5)O2)cc1. The monoisotopic (exact) mass is 576 g/mol. The molecule has 2 atom stereocenters. The largest absolute Gasteiger partial charge is 0.473 e. The van der Waals surface area contributed by atoms with E-state index in [9.17, 15) is 8.78 Å². The fourth-order valence-corrected chi connectivity index (χ4v) is 6.47. The summed E-state index contributed by atoms with van der Waals surface area (Å²) in [6.07, 6.45) is 8.31. The van der Waals surface area contributed by atoms with Crippen LogP contribution in [0.5, 0.6) is 11.5 Å². The van der Waals surface area contributed by atoms with Gasteiger partial charge in [-0.1, -0.05) is 84.9 Å². The second kappa shape index (κ2) is 10.1. The Balaban J connectivity index is 1.25. The Morgan fingerprint density at radius 2 is 0.750 bits per heavy atom. The lowest BCUT2D eigenvalue weighted by Crippen LogP contribution is -2.34. The predicted molar refractivity (Wildman–Crippen MR) is 171 cm³/mol. The zero-order chi connectivity index (χ0) is 29.7. The highest BCUT2D eigenvalue weighted by molar-refractivity contribution is 6.00. The first-order chi connectivity index (χ1) is 21.6. The summed E-state index contributed by atoms with van der Waals surface area (Å²) in [6, 6.07) is 41.0. The third-order valence-corrected chi connectivity index (χ3v) is 8.67. The summed E-state index contributed by atoms with van der Waals surface area (Å²) in [7, 11) is 0. The van der Waals surface area contributed by atoms with Crippen molar-refractivity contribution in [2.24, 2.45) is 0 Å². The van der Waals surface area contributed by atoms with Crippen LogP contribution in [0, 0.1) is 11.6 Å². The van der Waals surface area contributed by atoms with Crippen LogP contribution in [-0.4, -0.2) is 0 Å². The Morgan fingerprint density at radius 1 is 0.386 bits per heavy atom. The van der Waals surface area contributed by atoms with Crippen molar-refractivity contribution >= 4 is 22.9 Å². The number of hydrogen-bond acceptors (Lipinski definition) is 2. The minimum atomic E-state index is -0.905. The van der Waals surface area contributed by atoms with E-state index in [-0.39, 0.29) is 11.6 Å². The van der Waals surface area contributed by atoms with Gasteiger partial charge in [0.1, 0.15) is 23.1 Å². The fraction of sp³-hybridized carbons (Fsp3) is 0.0500. The second-order valence-corrected chi connectivity index (χ2v) is 11.1. The number of hydrogen-bond donors (Lipinski definition) is 0. The Bertz CT molecular complexity index is 1920. The highest BCUT2D eigenvalue weighted by Gasteiger charge is 2.39. The second-order valence-electron chi connectivity index (χ2n) is 11.1. The van der Waals surface area contributed by atoms with Gasteiger partial charge in [0, 0.05) is 33.4 Å². The quantitative estimate of drug-likeness (QED) is 0.208. The van der Waals surface area contributed by atoms with Crippen LogP contribution in [0.25, 0.3) is 22.9 Å². The molecule has 2 unspecified atom stereocenters. The molecule has 0 bridgehead atoms. The van der Waals surface area contributed by atoms with E-state index >= 15 is 0 Å². The molecule has 0 aromatic heterocycles. The summed E-state index contributed by atoms with van der Waals surface area (Å²) in [4.78, 5) is 0. The maximum Gasteiger partial charge on any atom is 0.178 e. The van der Waals surface area contributed by atoms with Crippen LogP contribution in [0.1, 0.15) is 33.4 Å². The summed E-state index contributed by atoms with van der Waals surface area (Å²) in [5.74, 6) is 0.885. The standard InChI is InChI=1S/C40H26F2O2/c41-31-15-11-29(12-16-31)39(27-7-3-1-4-8-27)25-23-35-33-20-22-38-36(34(33)19-21-37(35)43-39)24-26-40(44-38,28-9-5-2-6-10-28)30-13-17-32(42)18-14-30/h1-26H. The van der Waals surface area contributed by atoms with Crippen molar-refractivity contribution < 1.29 is 18.3 Å². The van der Waals surface area contributed by atoms with Crippen molar-refractivity contribution in [2.45, 2.75) is 11.2 Å². The van der Waals surface area contributed by atoms with Crippen LogP contribution < -0.4 is 9.47 Å². The van der Waals surface area contributed by atoms with Crippen molar-refractivity contribution in [3.05, 3.63) is 191 Å². The lowest BCUT2D eigenvalue weighted by atomic mass is 9.82. The molecule has 0 saturated carbocycles. The molecule has 0 N–H and O–H groups in total. The molecular formula is C40H26F2O2. The minimum absolute atomic E-state index is 0.293. The topological polar surface area (TPSA) is 18.5 Å². The molecule has 2 aliphatic heterocycles. The van der Waals surface area contributed by atoms with Crippen molar-refractivity contribution in [3.63, 3.8) is 0 Å². The molecule has 8 rings (SSSR count). The molecular weight excluding hydrogens is 550 g/mol. The molecule has 0 aliphatic carbocycles. The third kappa shape index (κ3) is 4.06. The molecule has 2 nitrogen and oxygen atoms in total. The van der Waals surface area contributed by atoms with Crippen molar-refractivity contribution in [3.8, 4) is 11.5 Å². The Hall–Kier alpha value is -5.48. The van der Waals surface area contributed by atoms with Crippen LogP contribution in [0.4, 0.5) is 8.78 Å². The molecule has 0 spiro atoms. The Morgan fingerprint density at radius 3 is 1.14 bits per heavy atom. The number of fused-ring (bicyclic) bond motifs is 5. The fourth-order valence-electron chi connectivity index (χ4n) is 6.47. The van der Waals surface area contributed by atoms with Gasteiger partial charge in [0.15, 0.2) is 11.2 Å².